The molecule has 0 fully saturated rings. The summed E-state index contributed by atoms with van der Waals surface area (Å²) in [5.41, 5.74) is 16.8. The van der Waals surface area contributed by atoms with Gasteiger partial charge < -0.3 is 48.3 Å². The van der Waals surface area contributed by atoms with E-state index in [0.29, 0.717) is 5.69 Å². The van der Waals surface area contributed by atoms with Gasteiger partial charge in [-0.2, -0.15) is 0 Å². The van der Waals surface area contributed by atoms with Crippen LogP contribution in [-0.4, -0.2) is 86.5 Å². The number of guanidine groups is 1. The first kappa shape index (κ1) is 29.8. The number of H-pyrrole nitrogens is 1. The first-order chi connectivity index (χ1) is 16.9. The molecule has 200 valence electrons. The highest BCUT2D eigenvalue weighted by Gasteiger charge is 2.29. The normalized spacial score (nSPS) is 13.9. The van der Waals surface area contributed by atoms with Gasteiger partial charge in [0.15, 0.2) is 5.96 Å². The Balaban J connectivity index is 3.01. The van der Waals surface area contributed by atoms with Crippen LogP contribution in [0.15, 0.2) is 17.5 Å². The van der Waals surface area contributed by atoms with Gasteiger partial charge in [0.1, 0.15) is 18.1 Å². The summed E-state index contributed by atoms with van der Waals surface area (Å²) in [5.74, 6) is -4.82. The van der Waals surface area contributed by atoms with E-state index < -0.39 is 53.8 Å². The van der Waals surface area contributed by atoms with Crippen molar-refractivity contribution in [2.45, 2.75) is 63.2 Å². The highest BCUT2D eigenvalue weighted by molar-refractivity contribution is 5.94. The fourth-order valence-electron chi connectivity index (χ4n) is 2.93. The largest absolute Gasteiger partial charge is 0.481 e. The molecule has 4 unspecified atom stereocenters. The topological polar surface area (TPSA) is 281 Å². The van der Waals surface area contributed by atoms with Crippen molar-refractivity contribution in [1.82, 2.24) is 25.9 Å². The molecule has 0 radical (unpaired) electrons. The van der Waals surface area contributed by atoms with Gasteiger partial charge in [0.05, 0.1) is 12.4 Å². The number of carboxylic acid groups (broad SMARTS) is 2. The molecule has 12 N–H and O–H groups in total. The van der Waals surface area contributed by atoms with E-state index >= 15 is 0 Å². The molecule has 16 heteroatoms. The van der Waals surface area contributed by atoms with Crippen molar-refractivity contribution in [1.29, 1.82) is 0 Å². The van der Waals surface area contributed by atoms with Crippen LogP contribution in [0.2, 0.25) is 0 Å². The van der Waals surface area contributed by atoms with Gasteiger partial charge in [-0.1, -0.05) is 0 Å². The van der Waals surface area contributed by atoms with Gasteiger partial charge in [0.2, 0.25) is 17.7 Å². The summed E-state index contributed by atoms with van der Waals surface area (Å²) in [5, 5.41) is 25.1. The predicted molar refractivity (Wildman–Crippen MR) is 126 cm³/mol. The number of aromatic nitrogens is 2. The first-order valence-electron chi connectivity index (χ1n) is 11.0. The Morgan fingerprint density at radius 1 is 1.03 bits per heavy atom. The Morgan fingerprint density at radius 3 is 2.22 bits per heavy atom. The molecule has 0 saturated carbocycles. The number of rotatable bonds is 16. The number of hydrogen-bond acceptors (Lipinski definition) is 8. The second kappa shape index (κ2) is 14.9. The minimum Gasteiger partial charge on any atom is -0.481 e. The number of nitrogens with one attached hydrogen (secondary N) is 4. The Hall–Kier alpha value is -4.21. The maximum atomic E-state index is 13.1. The fourth-order valence-corrected chi connectivity index (χ4v) is 2.93. The Kier molecular flexibility index (Phi) is 12.4. The quantitative estimate of drug-likeness (QED) is 0.0603. The summed E-state index contributed by atoms with van der Waals surface area (Å²) in [6, 6.07) is -4.79. The third kappa shape index (κ3) is 11.3. The number of nitrogens with zero attached hydrogens (tertiary/aromatic N) is 2. The van der Waals surface area contributed by atoms with Gasteiger partial charge >= 0.3 is 11.9 Å². The highest BCUT2D eigenvalue weighted by atomic mass is 16.4. The molecule has 0 spiro atoms. The van der Waals surface area contributed by atoms with Crippen LogP contribution in [0.25, 0.3) is 0 Å². The third-order valence-electron chi connectivity index (χ3n) is 4.93. The molecule has 16 nitrogen and oxygen atoms in total. The third-order valence-corrected chi connectivity index (χ3v) is 4.93. The molecule has 0 aliphatic heterocycles. The van der Waals surface area contributed by atoms with Crippen LogP contribution in [0.4, 0.5) is 0 Å². The maximum Gasteiger partial charge on any atom is 0.325 e. The van der Waals surface area contributed by atoms with Gasteiger partial charge in [0, 0.05) is 31.3 Å². The lowest BCUT2D eigenvalue weighted by Crippen LogP contribution is -2.57. The standard InChI is InChI=1S/C20H33N9O7/c1-10(19(35)36)27-17(33)13(3-2-6-25-20(22)23)28-18(34)14(7-11-8-24-9-26-11)29-16(32)12(21)4-5-15(30)31/h8-10,12-14H,2-7,21H2,1H3,(H,24,26)(H,27,33)(H,28,34)(H,29,32)(H,30,31)(H,35,36)(H4,22,23,25). The summed E-state index contributed by atoms with van der Waals surface area (Å²) in [4.78, 5) is 70.6. The molecule has 1 aromatic heterocycles. The van der Waals surface area contributed by atoms with E-state index in [-0.39, 0.29) is 44.6 Å². The van der Waals surface area contributed by atoms with E-state index in [0.717, 1.165) is 0 Å². The number of amides is 3. The first-order valence-corrected chi connectivity index (χ1v) is 11.0. The summed E-state index contributed by atoms with van der Waals surface area (Å²) in [6.07, 6.45) is 2.60. The molecule has 1 aromatic rings. The molecule has 0 saturated heterocycles. The molecule has 3 amide bonds. The number of carbonyl (C=O) groups excluding carboxylic acids is 3. The van der Waals surface area contributed by atoms with E-state index in [9.17, 15) is 24.0 Å². The maximum absolute atomic E-state index is 13.1. The van der Waals surface area contributed by atoms with Crippen molar-refractivity contribution < 1.29 is 34.2 Å². The molecule has 36 heavy (non-hydrogen) atoms. The average Bonchev–Trinajstić information content (AvgIpc) is 3.31. The Labute approximate surface area is 206 Å². The van der Waals surface area contributed by atoms with Crippen molar-refractivity contribution in [2.24, 2.45) is 22.2 Å². The summed E-state index contributed by atoms with van der Waals surface area (Å²) >= 11 is 0. The van der Waals surface area contributed by atoms with Crippen molar-refractivity contribution in [3.05, 3.63) is 18.2 Å². The molecular formula is C20H33N9O7. The lowest BCUT2D eigenvalue weighted by atomic mass is 10.1. The van der Waals surface area contributed by atoms with Gasteiger partial charge in [-0.25, -0.2) is 4.98 Å². The van der Waals surface area contributed by atoms with Crippen molar-refractivity contribution in [3.63, 3.8) is 0 Å². The molecule has 0 bridgehead atoms. The van der Waals surface area contributed by atoms with Crippen molar-refractivity contribution in [2.75, 3.05) is 6.54 Å². The van der Waals surface area contributed by atoms with Crippen LogP contribution in [0.5, 0.6) is 0 Å². The van der Waals surface area contributed by atoms with Gasteiger partial charge in [-0.05, 0) is 26.2 Å². The second-order valence-electron chi connectivity index (χ2n) is 7.96. The number of hydrogen-bond donors (Lipinski definition) is 9. The number of aliphatic imine (C=N–C) groups is 1. The van der Waals surface area contributed by atoms with Gasteiger partial charge in [-0.3, -0.25) is 29.0 Å². The fraction of sp³-hybridized carbons (Fsp3) is 0.550. The zero-order valence-corrected chi connectivity index (χ0v) is 19.8. The minimum absolute atomic E-state index is 0.0446. The molecule has 1 rings (SSSR count). The van der Waals surface area contributed by atoms with Crippen molar-refractivity contribution >= 4 is 35.6 Å². The number of aliphatic carboxylic acids is 2. The number of aromatic amines is 1. The monoisotopic (exact) mass is 511 g/mol. The SMILES string of the molecule is CC(NC(=O)C(CCCN=C(N)N)NC(=O)C(Cc1cnc[nH]1)NC(=O)C(N)CCC(=O)O)C(=O)O. The summed E-state index contributed by atoms with van der Waals surface area (Å²) in [7, 11) is 0. The van der Waals surface area contributed by atoms with Gasteiger partial charge in [0.25, 0.3) is 0 Å². The van der Waals surface area contributed by atoms with Crippen LogP contribution in [-0.2, 0) is 30.4 Å². The van der Waals surface area contributed by atoms with Crippen molar-refractivity contribution in [3.8, 4) is 0 Å². The van der Waals surface area contributed by atoms with E-state index in [2.05, 4.69) is 30.9 Å². The van der Waals surface area contributed by atoms with E-state index in [1.165, 1.54) is 19.4 Å². The van der Waals surface area contributed by atoms with E-state index in [4.69, 9.17) is 27.4 Å². The Morgan fingerprint density at radius 2 is 1.67 bits per heavy atom. The molecule has 4 atom stereocenters. The van der Waals surface area contributed by atoms with E-state index in [1.807, 2.05) is 0 Å². The Bertz CT molecular complexity index is 932. The summed E-state index contributed by atoms with van der Waals surface area (Å²) < 4.78 is 0. The van der Waals surface area contributed by atoms with Crippen LogP contribution in [0, 0.1) is 0 Å². The minimum atomic E-state index is -1.27. The van der Waals surface area contributed by atoms with Crippen LogP contribution >= 0.6 is 0 Å². The second-order valence-corrected chi connectivity index (χ2v) is 7.96. The number of carbonyl (C=O) groups is 5. The van der Waals surface area contributed by atoms with Crippen LogP contribution < -0.4 is 33.2 Å². The lowest BCUT2D eigenvalue weighted by molar-refractivity contribution is -0.142. The molecule has 1 heterocycles. The van der Waals surface area contributed by atoms with Gasteiger partial charge in [-0.15, -0.1) is 0 Å². The summed E-state index contributed by atoms with van der Waals surface area (Å²) in [6.45, 7) is 1.42. The number of nitrogens with two attached hydrogens (primary N) is 3. The van der Waals surface area contributed by atoms with E-state index in [1.54, 1.807) is 0 Å². The smallest absolute Gasteiger partial charge is 0.325 e. The molecule has 0 aliphatic carbocycles. The number of carboxylic acids is 2. The molecular weight excluding hydrogens is 478 g/mol. The van der Waals surface area contributed by atoms with Crippen LogP contribution in [0.3, 0.4) is 0 Å². The zero-order valence-electron chi connectivity index (χ0n) is 19.8. The highest BCUT2D eigenvalue weighted by Crippen LogP contribution is 2.05. The molecule has 0 aliphatic rings. The lowest BCUT2D eigenvalue weighted by Gasteiger charge is -2.24. The zero-order chi connectivity index (χ0) is 27.3. The predicted octanol–water partition coefficient (Wildman–Crippen LogP) is -3.24. The number of imidazole rings is 1. The molecule has 0 aromatic carbocycles. The van der Waals surface area contributed by atoms with Crippen LogP contribution in [0.1, 0.15) is 38.3 Å². The average molecular weight is 512 g/mol.